The van der Waals surface area contributed by atoms with Crippen molar-refractivity contribution in [2.45, 2.75) is 45.8 Å². The summed E-state index contributed by atoms with van der Waals surface area (Å²) in [7, 11) is 0. The van der Waals surface area contributed by atoms with Crippen LogP contribution in [-0.2, 0) is 11.0 Å². The summed E-state index contributed by atoms with van der Waals surface area (Å²) in [5, 5.41) is 12.9. The molecule has 178 valence electrons. The van der Waals surface area contributed by atoms with Crippen LogP contribution in [0.25, 0.3) is 0 Å². The second-order valence-corrected chi connectivity index (χ2v) is 8.35. The number of carbonyl (C=O) groups is 1. The average Bonchev–Trinajstić information content (AvgIpc) is 3.28. The van der Waals surface area contributed by atoms with Crippen LogP contribution in [0.2, 0.25) is 5.02 Å². The first-order valence-electron chi connectivity index (χ1n) is 10.5. The fourth-order valence-corrected chi connectivity index (χ4v) is 4.09. The van der Waals surface area contributed by atoms with Gasteiger partial charge in [-0.15, -0.1) is 0 Å². The minimum Gasteiger partial charge on any atom is -0.306 e. The van der Waals surface area contributed by atoms with Gasteiger partial charge in [0.25, 0.3) is 5.91 Å². The fraction of sp³-hybridized carbons (Fsp3) is 0.409. The number of benzene rings is 1. The first-order chi connectivity index (χ1) is 15.5. The maximum Gasteiger partial charge on any atom is 0.436 e. The maximum atomic E-state index is 13.3. The number of likely N-dealkylation sites (tertiary alicyclic amines) is 1. The van der Waals surface area contributed by atoms with E-state index in [1.807, 2.05) is 13.8 Å². The molecule has 1 saturated heterocycles. The Balaban J connectivity index is 1.98. The monoisotopic (exact) mass is 486 g/mol. The number of nitrogens with zero attached hydrogens (tertiary/aromatic N) is 3. The van der Waals surface area contributed by atoms with E-state index in [-0.39, 0.29) is 30.4 Å². The molecular weight excluding hydrogens is 462 g/mol. The lowest BCUT2D eigenvalue weighted by molar-refractivity contribution is -0.526. The van der Waals surface area contributed by atoms with E-state index in [0.29, 0.717) is 17.1 Å². The third-order valence-corrected chi connectivity index (χ3v) is 6.33. The number of nitrogens with two attached hydrogens (primary N) is 1. The van der Waals surface area contributed by atoms with E-state index < -0.39 is 28.8 Å². The lowest BCUT2D eigenvalue weighted by atomic mass is 10.0. The number of hydrogen-bond donors (Lipinski definition) is 2. The topological polar surface area (TPSA) is 78.6 Å². The maximum absolute atomic E-state index is 13.3. The van der Waals surface area contributed by atoms with E-state index in [2.05, 4.69) is 5.10 Å². The summed E-state index contributed by atoms with van der Waals surface area (Å²) in [4.78, 5) is 14.7. The lowest BCUT2D eigenvalue weighted by Crippen LogP contribution is -2.78. The normalized spacial score (nSPS) is 18.5. The highest BCUT2D eigenvalue weighted by Crippen LogP contribution is 2.38. The molecule has 2 atom stereocenters. The number of rotatable bonds is 7. The van der Waals surface area contributed by atoms with Crippen molar-refractivity contribution < 1.29 is 27.7 Å². The van der Waals surface area contributed by atoms with Crippen LogP contribution in [0.1, 0.15) is 44.1 Å². The first kappa shape index (κ1) is 24.9. The van der Waals surface area contributed by atoms with E-state index in [4.69, 9.17) is 17.0 Å². The summed E-state index contributed by atoms with van der Waals surface area (Å²) >= 11 is 5.86. The van der Waals surface area contributed by atoms with Crippen molar-refractivity contribution in [3.05, 3.63) is 57.9 Å². The third-order valence-electron chi connectivity index (χ3n) is 5.88. The van der Waals surface area contributed by atoms with Crippen LogP contribution in [0.15, 0.2) is 35.7 Å². The van der Waals surface area contributed by atoms with Gasteiger partial charge in [0.2, 0.25) is 0 Å². The van der Waals surface area contributed by atoms with Gasteiger partial charge < -0.3 is 10.3 Å². The van der Waals surface area contributed by atoms with Crippen LogP contribution >= 0.6 is 11.6 Å². The second-order valence-electron chi connectivity index (χ2n) is 7.97. The predicted octanol–water partition coefficient (Wildman–Crippen LogP) is 4.58. The van der Waals surface area contributed by atoms with Gasteiger partial charge in [-0.2, -0.15) is 18.3 Å². The Morgan fingerprint density at radius 3 is 2.52 bits per heavy atom. The molecule has 0 spiro atoms. The summed E-state index contributed by atoms with van der Waals surface area (Å²) < 4.78 is 54.0. The smallest absolute Gasteiger partial charge is 0.306 e. The number of hydrogen-bond acceptors (Lipinski definition) is 3. The van der Waals surface area contributed by atoms with E-state index in [9.17, 15) is 22.4 Å². The van der Waals surface area contributed by atoms with E-state index >= 15 is 0 Å². The molecule has 1 aliphatic heterocycles. The summed E-state index contributed by atoms with van der Waals surface area (Å²) in [6.45, 7) is 5.52. The van der Waals surface area contributed by atoms with Crippen LogP contribution in [-0.4, -0.2) is 33.3 Å². The highest BCUT2D eigenvalue weighted by Gasteiger charge is 2.43. The Labute approximate surface area is 193 Å². The largest absolute Gasteiger partial charge is 0.436 e. The molecule has 1 fully saturated rings. The summed E-state index contributed by atoms with van der Waals surface area (Å²) in [6.07, 6.45) is -2.72. The van der Waals surface area contributed by atoms with E-state index in [1.54, 1.807) is 17.4 Å². The quantitative estimate of drug-likeness (QED) is 0.341. The number of halogens is 5. The van der Waals surface area contributed by atoms with Gasteiger partial charge >= 0.3 is 6.18 Å². The van der Waals surface area contributed by atoms with Crippen molar-refractivity contribution in [2.24, 2.45) is 5.92 Å². The molecule has 2 heterocycles. The fourth-order valence-electron chi connectivity index (χ4n) is 3.86. The minimum absolute atomic E-state index is 0.0313. The predicted molar refractivity (Wildman–Crippen MR) is 116 cm³/mol. The molecule has 0 radical (unpaired) electrons. The van der Waals surface area contributed by atoms with E-state index in [1.165, 1.54) is 24.0 Å². The second kappa shape index (κ2) is 9.64. The molecule has 6 nitrogen and oxygen atoms in total. The molecule has 1 amide bonds. The standard InChI is InChI=1S/C22H24ClF4N5O/c1-4-12(2)19(29-15-7-5-14(24)6-8-15)17(11-28)31-10-9-16(21(31)33)32-13(3)18(23)20(30-32)22(25,26)27/h5-8,11-12,16,28-29H,4,9-10H2,1-3H3/p+1. The molecule has 1 aromatic carbocycles. The molecule has 0 saturated carbocycles. The molecule has 2 aromatic rings. The van der Waals surface area contributed by atoms with Crippen molar-refractivity contribution in [2.75, 3.05) is 6.54 Å². The van der Waals surface area contributed by atoms with Crippen LogP contribution in [0.5, 0.6) is 0 Å². The van der Waals surface area contributed by atoms with Gasteiger partial charge in [-0.25, -0.2) is 4.39 Å². The van der Waals surface area contributed by atoms with Crippen LogP contribution in [0.4, 0.5) is 23.2 Å². The summed E-state index contributed by atoms with van der Waals surface area (Å²) in [5.74, 6) is -0.869. The van der Waals surface area contributed by atoms with Crippen molar-refractivity contribution in [3.63, 3.8) is 0 Å². The highest BCUT2D eigenvalue weighted by atomic mass is 35.5. The van der Waals surface area contributed by atoms with Gasteiger partial charge in [0.05, 0.1) is 10.7 Å². The Kier molecular flexibility index (Phi) is 7.28. The number of carbonyl (C=O) groups excluding carboxylic acids is 1. The van der Waals surface area contributed by atoms with E-state index in [0.717, 1.165) is 17.3 Å². The van der Waals surface area contributed by atoms with Gasteiger partial charge in [-0.1, -0.05) is 25.4 Å². The first-order valence-corrected chi connectivity index (χ1v) is 10.9. The third kappa shape index (κ3) is 4.96. The molecular formula is C22H25ClF4N5O+. The highest BCUT2D eigenvalue weighted by molar-refractivity contribution is 6.32. The van der Waals surface area contributed by atoms with Crippen molar-refractivity contribution in [3.8, 4) is 0 Å². The van der Waals surface area contributed by atoms with Crippen LogP contribution in [0.3, 0.4) is 0 Å². The number of amides is 1. The molecule has 0 bridgehead atoms. The van der Waals surface area contributed by atoms with Gasteiger partial charge in [0, 0.05) is 30.8 Å². The molecule has 1 aliphatic rings. The summed E-state index contributed by atoms with van der Waals surface area (Å²) in [5.41, 5.74) is 0.608. The molecule has 3 N–H and O–H groups in total. The van der Waals surface area contributed by atoms with Gasteiger partial charge in [0.15, 0.2) is 5.69 Å². The lowest BCUT2D eigenvalue weighted by Gasteiger charge is -2.22. The molecule has 0 aliphatic carbocycles. The molecule has 1 aromatic heterocycles. The molecule has 33 heavy (non-hydrogen) atoms. The van der Waals surface area contributed by atoms with Gasteiger partial charge in [0.1, 0.15) is 28.9 Å². The Hall–Kier alpha value is -2.72. The zero-order valence-electron chi connectivity index (χ0n) is 18.4. The zero-order chi connectivity index (χ0) is 24.5. The minimum atomic E-state index is -4.73. The van der Waals surface area contributed by atoms with Crippen molar-refractivity contribution in [1.82, 2.24) is 14.7 Å². The number of aromatic nitrogens is 2. The van der Waals surface area contributed by atoms with Crippen LogP contribution in [0, 0.1) is 24.1 Å². The zero-order valence-corrected chi connectivity index (χ0v) is 19.1. The number of allylic oxidation sites excluding steroid dienone is 2. The molecule has 11 heteroatoms. The van der Waals surface area contributed by atoms with Gasteiger partial charge in [-0.05, 0) is 31.9 Å². The summed E-state index contributed by atoms with van der Waals surface area (Å²) in [6, 6.07) is 4.88. The Morgan fingerprint density at radius 2 is 2.00 bits per heavy atom. The van der Waals surface area contributed by atoms with Crippen molar-refractivity contribution >= 4 is 29.4 Å². The SMILES string of the molecule is CCC(C)C([NH2+]c1ccc(F)cc1)=C(C=N)N1CCC(n2nc(C(F)(F)F)c(Cl)c2C)C1=O. The molecule has 3 rings (SSSR count). The number of alkyl halides is 3. The Morgan fingerprint density at radius 1 is 1.36 bits per heavy atom. The van der Waals surface area contributed by atoms with Crippen LogP contribution < -0.4 is 5.32 Å². The van der Waals surface area contributed by atoms with Crippen molar-refractivity contribution in [1.29, 1.82) is 5.41 Å². The number of quaternary nitrogens is 1. The average molecular weight is 487 g/mol. The molecule has 2 unspecified atom stereocenters. The van der Waals surface area contributed by atoms with Gasteiger partial charge in [-0.3, -0.25) is 14.8 Å². The number of nitrogens with one attached hydrogen (secondary N) is 1. The Bertz CT molecular complexity index is 1080.